The monoisotopic (exact) mass is 532 g/mol. The third-order valence-electron chi connectivity index (χ3n) is 7.33. The molecule has 2 heterocycles. The number of imide groups is 1. The number of hydrogen-bond acceptors (Lipinski definition) is 8. The molecule has 2 amide bonds. The molecule has 204 valence electrons. The van der Waals surface area contributed by atoms with Gasteiger partial charge in [-0.1, -0.05) is 12.1 Å². The van der Waals surface area contributed by atoms with Crippen LogP contribution in [0.25, 0.3) is 10.8 Å². The van der Waals surface area contributed by atoms with Crippen molar-refractivity contribution in [2.45, 2.75) is 25.7 Å². The maximum atomic E-state index is 13.4. The molecule has 0 spiro atoms. The molecule has 1 fully saturated rings. The number of nitrogens with zero attached hydrogens (tertiary/aromatic N) is 2. The summed E-state index contributed by atoms with van der Waals surface area (Å²) in [6.45, 7) is 2.10. The first kappa shape index (κ1) is 26.3. The summed E-state index contributed by atoms with van der Waals surface area (Å²) in [4.78, 5) is 43.1. The topological polar surface area (TPSA) is 94.6 Å². The zero-order valence-corrected chi connectivity index (χ0v) is 22.5. The number of anilines is 1. The normalized spacial score (nSPS) is 14.9. The number of carbonyl (C=O) groups is 3. The molecule has 2 aliphatic rings. The lowest BCUT2D eigenvalue weighted by atomic mass is 9.92. The first-order valence-electron chi connectivity index (χ1n) is 13.1. The molecule has 5 rings (SSSR count). The maximum absolute atomic E-state index is 13.4. The fraction of sp³-hybridized carbons (Fsp3) is 0.367. The van der Waals surface area contributed by atoms with E-state index in [1.807, 2.05) is 24.3 Å². The summed E-state index contributed by atoms with van der Waals surface area (Å²) in [7, 11) is 4.41. The van der Waals surface area contributed by atoms with E-state index in [4.69, 9.17) is 18.9 Å². The second kappa shape index (κ2) is 11.2. The molecule has 0 aromatic heterocycles. The van der Waals surface area contributed by atoms with Gasteiger partial charge in [-0.15, -0.1) is 0 Å². The van der Waals surface area contributed by atoms with Crippen LogP contribution in [0.5, 0.6) is 17.2 Å². The minimum Gasteiger partial charge on any atom is -0.493 e. The molecule has 0 aliphatic carbocycles. The van der Waals surface area contributed by atoms with E-state index in [0.717, 1.165) is 42.4 Å². The predicted molar refractivity (Wildman–Crippen MR) is 146 cm³/mol. The van der Waals surface area contributed by atoms with Crippen molar-refractivity contribution in [1.82, 2.24) is 4.90 Å². The van der Waals surface area contributed by atoms with Gasteiger partial charge in [-0.2, -0.15) is 0 Å². The van der Waals surface area contributed by atoms with Gasteiger partial charge in [-0.05, 0) is 56.0 Å². The highest BCUT2D eigenvalue weighted by Crippen LogP contribution is 2.39. The Kier molecular flexibility index (Phi) is 7.58. The SMILES string of the molecule is COc1cc(C(=O)OCCCN2C(=O)c3cccc4c(N5CCCCC5)ccc(c34)C2=O)cc(OC)c1OC. The van der Waals surface area contributed by atoms with Crippen molar-refractivity contribution in [1.29, 1.82) is 0 Å². The molecule has 9 nitrogen and oxygen atoms in total. The van der Waals surface area contributed by atoms with Gasteiger partial charge in [0.05, 0.1) is 33.5 Å². The molecule has 39 heavy (non-hydrogen) atoms. The molecule has 3 aromatic rings. The van der Waals surface area contributed by atoms with E-state index < -0.39 is 5.97 Å². The van der Waals surface area contributed by atoms with Crippen molar-refractivity contribution in [3.05, 3.63) is 59.2 Å². The average molecular weight is 533 g/mol. The lowest BCUT2D eigenvalue weighted by Crippen LogP contribution is -2.41. The van der Waals surface area contributed by atoms with E-state index in [1.165, 1.54) is 44.8 Å². The van der Waals surface area contributed by atoms with E-state index >= 15 is 0 Å². The van der Waals surface area contributed by atoms with E-state index in [-0.39, 0.29) is 30.5 Å². The molecule has 1 saturated heterocycles. The Morgan fingerprint density at radius 2 is 1.51 bits per heavy atom. The largest absolute Gasteiger partial charge is 0.493 e. The molecule has 0 saturated carbocycles. The summed E-state index contributed by atoms with van der Waals surface area (Å²) < 4.78 is 21.3. The van der Waals surface area contributed by atoms with E-state index in [2.05, 4.69) is 4.90 Å². The van der Waals surface area contributed by atoms with Gasteiger partial charge >= 0.3 is 5.97 Å². The molecule has 0 unspecified atom stereocenters. The Morgan fingerprint density at radius 1 is 0.846 bits per heavy atom. The highest BCUT2D eigenvalue weighted by molar-refractivity contribution is 6.26. The highest BCUT2D eigenvalue weighted by Gasteiger charge is 2.33. The Labute approximate surface area is 227 Å². The Bertz CT molecular complexity index is 1380. The molecule has 0 N–H and O–H groups in total. The maximum Gasteiger partial charge on any atom is 0.338 e. The van der Waals surface area contributed by atoms with E-state index in [1.54, 1.807) is 6.07 Å². The quantitative estimate of drug-likeness (QED) is 0.222. The number of methoxy groups -OCH3 is 3. The molecule has 2 aliphatic heterocycles. The summed E-state index contributed by atoms with van der Waals surface area (Å²) >= 11 is 0. The Balaban J connectivity index is 1.28. The van der Waals surface area contributed by atoms with E-state index in [0.29, 0.717) is 34.8 Å². The highest BCUT2D eigenvalue weighted by atomic mass is 16.5. The lowest BCUT2D eigenvalue weighted by molar-refractivity contribution is 0.0475. The van der Waals surface area contributed by atoms with Crippen LogP contribution >= 0.6 is 0 Å². The van der Waals surface area contributed by atoms with Crippen molar-refractivity contribution in [2.75, 3.05) is 52.5 Å². The van der Waals surface area contributed by atoms with Gasteiger partial charge in [-0.25, -0.2) is 4.79 Å². The second-order valence-corrected chi connectivity index (χ2v) is 9.57. The zero-order valence-electron chi connectivity index (χ0n) is 22.5. The van der Waals surface area contributed by atoms with Gasteiger partial charge in [0, 0.05) is 47.2 Å². The Morgan fingerprint density at radius 3 is 2.15 bits per heavy atom. The second-order valence-electron chi connectivity index (χ2n) is 9.57. The fourth-order valence-electron chi connectivity index (χ4n) is 5.41. The van der Waals surface area contributed by atoms with Gasteiger partial charge in [0.1, 0.15) is 0 Å². The van der Waals surface area contributed by atoms with Gasteiger partial charge in [0.2, 0.25) is 5.75 Å². The number of benzene rings is 3. The smallest absolute Gasteiger partial charge is 0.338 e. The molecule has 0 bridgehead atoms. The average Bonchev–Trinajstić information content (AvgIpc) is 2.98. The third-order valence-corrected chi connectivity index (χ3v) is 7.33. The van der Waals surface area contributed by atoms with Crippen molar-refractivity contribution < 1.29 is 33.3 Å². The van der Waals surface area contributed by atoms with Gasteiger partial charge in [0.15, 0.2) is 11.5 Å². The summed E-state index contributed by atoms with van der Waals surface area (Å²) in [5, 5.41) is 1.66. The van der Waals surface area contributed by atoms with Gasteiger partial charge in [-0.3, -0.25) is 14.5 Å². The number of esters is 1. The summed E-state index contributed by atoms with van der Waals surface area (Å²) in [5.41, 5.74) is 2.36. The number of rotatable bonds is 9. The Hall–Kier alpha value is -4.27. The van der Waals surface area contributed by atoms with Gasteiger partial charge in [0.25, 0.3) is 11.8 Å². The number of ether oxygens (including phenoxy) is 4. The van der Waals surface area contributed by atoms with Crippen molar-refractivity contribution in [3.63, 3.8) is 0 Å². The van der Waals surface area contributed by atoms with Crippen LogP contribution in [0.1, 0.15) is 56.8 Å². The first-order valence-corrected chi connectivity index (χ1v) is 13.1. The number of hydrogen-bond donors (Lipinski definition) is 0. The summed E-state index contributed by atoms with van der Waals surface area (Å²) in [5.74, 6) is -0.188. The van der Waals surface area contributed by atoms with Crippen LogP contribution in [-0.4, -0.2) is 70.3 Å². The van der Waals surface area contributed by atoms with Gasteiger partial charge < -0.3 is 23.8 Å². The minimum absolute atomic E-state index is 0.0253. The van der Waals surface area contributed by atoms with Crippen LogP contribution in [0.2, 0.25) is 0 Å². The fourth-order valence-corrected chi connectivity index (χ4v) is 5.41. The van der Waals surface area contributed by atoms with Crippen LogP contribution in [0, 0.1) is 0 Å². The summed E-state index contributed by atoms with van der Waals surface area (Å²) in [6, 6.07) is 12.5. The van der Waals surface area contributed by atoms with Crippen LogP contribution < -0.4 is 19.1 Å². The number of carbonyl (C=O) groups excluding carboxylic acids is 3. The zero-order chi connectivity index (χ0) is 27.5. The molecule has 9 heteroatoms. The van der Waals surface area contributed by atoms with Crippen molar-refractivity contribution in [2.24, 2.45) is 0 Å². The van der Waals surface area contributed by atoms with Crippen LogP contribution in [0.15, 0.2) is 42.5 Å². The third kappa shape index (κ3) is 4.84. The molecule has 0 atom stereocenters. The van der Waals surface area contributed by atoms with Crippen LogP contribution in [0.4, 0.5) is 5.69 Å². The summed E-state index contributed by atoms with van der Waals surface area (Å²) in [6.07, 6.45) is 3.80. The van der Waals surface area contributed by atoms with Crippen LogP contribution in [-0.2, 0) is 4.74 Å². The van der Waals surface area contributed by atoms with Crippen molar-refractivity contribution >= 4 is 34.2 Å². The number of amides is 2. The molecule has 3 aromatic carbocycles. The van der Waals surface area contributed by atoms with Crippen LogP contribution in [0.3, 0.4) is 0 Å². The molecular weight excluding hydrogens is 500 g/mol. The predicted octanol–water partition coefficient (Wildman–Crippen LogP) is 4.70. The molecular formula is C30H32N2O7. The molecule has 0 radical (unpaired) electrons. The standard InChI is InChI=1S/C30H32N2O7/c1-36-24-17-19(18-25(37-2)27(24)38-3)30(35)39-16-8-15-32-28(33)21-10-7-9-20-23(31-13-5-4-6-14-31)12-11-22(26(20)21)29(32)34/h7,9-12,17-18H,4-6,8,13-16H2,1-3H3. The van der Waals surface area contributed by atoms with Crippen molar-refractivity contribution in [3.8, 4) is 17.2 Å². The minimum atomic E-state index is -0.578. The van der Waals surface area contributed by atoms with E-state index in [9.17, 15) is 14.4 Å². The lowest BCUT2D eigenvalue weighted by Gasteiger charge is -2.32. The first-order chi connectivity index (χ1) is 19.0. The number of piperidine rings is 1.